The predicted molar refractivity (Wildman–Crippen MR) is 72.1 cm³/mol. The number of alkyl halides is 1. The Hall–Kier alpha value is -1.95. The first-order valence-electron chi connectivity index (χ1n) is 6.24. The minimum atomic E-state index is -0.295. The van der Waals surface area contributed by atoms with Gasteiger partial charge < -0.3 is 9.09 Å². The van der Waals surface area contributed by atoms with Crippen molar-refractivity contribution in [1.29, 1.82) is 0 Å². The highest BCUT2D eigenvalue weighted by molar-refractivity contribution is 6.17. The highest BCUT2D eigenvalue weighted by Gasteiger charge is 2.12. The maximum absolute atomic E-state index is 13.3. The summed E-state index contributed by atoms with van der Waals surface area (Å²) in [5, 5.41) is 3.57. The summed E-state index contributed by atoms with van der Waals surface area (Å²) in [6.45, 7) is 0.635. The molecule has 0 amide bonds. The van der Waals surface area contributed by atoms with E-state index < -0.39 is 0 Å². The second-order valence-electron chi connectivity index (χ2n) is 4.34. The average Bonchev–Trinajstić information content (AvgIpc) is 3.04. The molecule has 3 rings (SSSR count). The van der Waals surface area contributed by atoms with E-state index in [9.17, 15) is 4.39 Å². The minimum Gasteiger partial charge on any atom is -0.340 e. The summed E-state index contributed by atoms with van der Waals surface area (Å²) in [7, 11) is 0. The van der Waals surface area contributed by atoms with E-state index in [1.54, 1.807) is 6.07 Å². The van der Waals surface area contributed by atoms with Gasteiger partial charge in [-0.25, -0.2) is 9.37 Å². The molecule has 1 aromatic carbocycles. The number of imidazole rings is 1. The van der Waals surface area contributed by atoms with Gasteiger partial charge in [0.05, 0.1) is 11.0 Å². The predicted octanol–water partition coefficient (Wildman–Crippen LogP) is 2.58. The molecule has 5 nitrogen and oxygen atoms in total. The summed E-state index contributed by atoms with van der Waals surface area (Å²) in [5.41, 5.74) is 1.52. The SMILES string of the molecule is Fc1ccc2c(c1)nc(CCCl)n2CCc1ncno1. The van der Waals surface area contributed by atoms with Gasteiger partial charge in [-0.05, 0) is 12.1 Å². The second-order valence-corrected chi connectivity index (χ2v) is 4.71. The third-order valence-electron chi connectivity index (χ3n) is 3.06. The highest BCUT2D eigenvalue weighted by atomic mass is 35.5. The number of halogens is 2. The van der Waals surface area contributed by atoms with Gasteiger partial charge in [-0.1, -0.05) is 5.16 Å². The van der Waals surface area contributed by atoms with Gasteiger partial charge >= 0.3 is 0 Å². The Kier molecular flexibility index (Phi) is 3.64. The fourth-order valence-electron chi connectivity index (χ4n) is 2.19. The number of hydrogen-bond donors (Lipinski definition) is 0. The van der Waals surface area contributed by atoms with Gasteiger partial charge in [0, 0.05) is 31.3 Å². The zero-order chi connectivity index (χ0) is 13.9. The Bertz CT molecular complexity index is 711. The molecule has 0 saturated heterocycles. The lowest BCUT2D eigenvalue weighted by molar-refractivity contribution is 0.371. The van der Waals surface area contributed by atoms with Crippen LogP contribution in [0.3, 0.4) is 0 Å². The lowest BCUT2D eigenvalue weighted by Crippen LogP contribution is -2.07. The molecule has 2 heterocycles. The lowest BCUT2D eigenvalue weighted by atomic mass is 10.3. The molecule has 0 saturated carbocycles. The molecular formula is C13H12ClFN4O. The van der Waals surface area contributed by atoms with Crippen LogP contribution in [0.4, 0.5) is 4.39 Å². The number of aryl methyl sites for hydroxylation is 3. The highest BCUT2D eigenvalue weighted by Crippen LogP contribution is 2.19. The molecule has 104 valence electrons. The minimum absolute atomic E-state index is 0.295. The second kappa shape index (κ2) is 5.58. The summed E-state index contributed by atoms with van der Waals surface area (Å²) in [6, 6.07) is 4.58. The van der Waals surface area contributed by atoms with E-state index in [0.29, 0.717) is 36.7 Å². The maximum atomic E-state index is 13.3. The molecule has 0 spiro atoms. The van der Waals surface area contributed by atoms with Gasteiger partial charge in [0.25, 0.3) is 0 Å². The summed E-state index contributed by atoms with van der Waals surface area (Å²) in [4.78, 5) is 8.42. The molecular weight excluding hydrogens is 283 g/mol. The molecule has 0 aliphatic heterocycles. The van der Waals surface area contributed by atoms with Crippen molar-refractivity contribution >= 4 is 22.6 Å². The van der Waals surface area contributed by atoms with E-state index in [-0.39, 0.29) is 5.82 Å². The van der Waals surface area contributed by atoms with Crippen molar-refractivity contribution in [3.8, 4) is 0 Å². The molecule has 0 unspecified atom stereocenters. The Morgan fingerprint density at radius 2 is 2.20 bits per heavy atom. The maximum Gasteiger partial charge on any atom is 0.228 e. The first-order chi connectivity index (χ1) is 9.78. The topological polar surface area (TPSA) is 56.7 Å². The van der Waals surface area contributed by atoms with Crippen LogP contribution in [-0.4, -0.2) is 25.6 Å². The Labute approximate surface area is 119 Å². The quantitative estimate of drug-likeness (QED) is 0.679. The van der Waals surface area contributed by atoms with Crippen molar-refractivity contribution in [3.63, 3.8) is 0 Å². The molecule has 20 heavy (non-hydrogen) atoms. The fraction of sp³-hybridized carbons (Fsp3) is 0.308. The average molecular weight is 295 g/mol. The van der Waals surface area contributed by atoms with Crippen molar-refractivity contribution < 1.29 is 8.91 Å². The van der Waals surface area contributed by atoms with Crippen LogP contribution >= 0.6 is 11.6 Å². The Morgan fingerprint density at radius 1 is 1.30 bits per heavy atom. The molecule has 0 atom stereocenters. The molecule has 0 aliphatic carbocycles. The van der Waals surface area contributed by atoms with E-state index in [2.05, 4.69) is 15.1 Å². The number of benzene rings is 1. The first-order valence-corrected chi connectivity index (χ1v) is 6.77. The lowest BCUT2D eigenvalue weighted by Gasteiger charge is -2.06. The van der Waals surface area contributed by atoms with Crippen LogP contribution in [0.15, 0.2) is 29.0 Å². The molecule has 0 fully saturated rings. The van der Waals surface area contributed by atoms with E-state index >= 15 is 0 Å². The van der Waals surface area contributed by atoms with Crippen molar-refractivity contribution in [1.82, 2.24) is 19.7 Å². The van der Waals surface area contributed by atoms with E-state index in [1.165, 1.54) is 18.5 Å². The molecule has 3 aromatic rings. The smallest absolute Gasteiger partial charge is 0.228 e. The normalized spacial score (nSPS) is 11.3. The monoisotopic (exact) mass is 294 g/mol. The van der Waals surface area contributed by atoms with Crippen LogP contribution in [0.5, 0.6) is 0 Å². The van der Waals surface area contributed by atoms with Crippen molar-refractivity contribution in [2.45, 2.75) is 19.4 Å². The van der Waals surface area contributed by atoms with Gasteiger partial charge in [0.15, 0.2) is 6.33 Å². The molecule has 0 aliphatic rings. The number of hydrogen-bond acceptors (Lipinski definition) is 4. The van der Waals surface area contributed by atoms with Gasteiger partial charge in [0.1, 0.15) is 11.6 Å². The van der Waals surface area contributed by atoms with Gasteiger partial charge in [-0.3, -0.25) is 0 Å². The van der Waals surface area contributed by atoms with E-state index in [1.807, 2.05) is 4.57 Å². The van der Waals surface area contributed by atoms with Crippen molar-refractivity contribution in [2.24, 2.45) is 0 Å². The molecule has 0 N–H and O–H groups in total. The summed E-state index contributed by atoms with van der Waals surface area (Å²) in [6.07, 6.45) is 2.59. The zero-order valence-electron chi connectivity index (χ0n) is 10.6. The van der Waals surface area contributed by atoms with Gasteiger partial charge in [-0.15, -0.1) is 11.6 Å². The number of rotatable bonds is 5. The van der Waals surface area contributed by atoms with Crippen LogP contribution in [0.2, 0.25) is 0 Å². The third-order valence-corrected chi connectivity index (χ3v) is 3.25. The summed E-state index contributed by atoms with van der Waals surface area (Å²) >= 11 is 5.80. The van der Waals surface area contributed by atoms with E-state index in [4.69, 9.17) is 16.1 Å². The summed E-state index contributed by atoms with van der Waals surface area (Å²) < 4.78 is 20.3. The molecule has 0 radical (unpaired) electrons. The molecule has 7 heteroatoms. The van der Waals surface area contributed by atoms with Crippen molar-refractivity contribution in [2.75, 3.05) is 5.88 Å². The first kappa shape index (κ1) is 13.1. The number of aromatic nitrogens is 4. The summed E-state index contributed by atoms with van der Waals surface area (Å²) in [5.74, 6) is 1.56. The van der Waals surface area contributed by atoms with E-state index in [0.717, 1.165) is 11.3 Å². The standard InChI is InChI=1S/C13H12ClFN4O/c14-5-3-12-18-10-7-9(15)1-2-11(10)19(12)6-4-13-16-8-17-20-13/h1-2,7-8H,3-6H2. The van der Waals surface area contributed by atoms with Gasteiger partial charge in [-0.2, -0.15) is 4.98 Å². The number of fused-ring (bicyclic) bond motifs is 1. The molecule has 2 aromatic heterocycles. The Morgan fingerprint density at radius 3 is 2.95 bits per heavy atom. The third kappa shape index (κ3) is 2.51. The van der Waals surface area contributed by atoms with Crippen molar-refractivity contribution in [3.05, 3.63) is 42.1 Å². The van der Waals surface area contributed by atoms with Crippen LogP contribution < -0.4 is 0 Å². The molecule has 0 bridgehead atoms. The Balaban J connectivity index is 1.95. The largest absolute Gasteiger partial charge is 0.340 e. The van der Waals surface area contributed by atoms with Crippen LogP contribution in [0.25, 0.3) is 11.0 Å². The van der Waals surface area contributed by atoms with Gasteiger partial charge in [0.2, 0.25) is 5.89 Å². The number of nitrogens with zero attached hydrogens (tertiary/aromatic N) is 4. The zero-order valence-corrected chi connectivity index (χ0v) is 11.3. The van der Waals surface area contributed by atoms with Crippen LogP contribution in [-0.2, 0) is 19.4 Å². The van der Waals surface area contributed by atoms with Crippen LogP contribution in [0, 0.1) is 5.82 Å². The fourth-order valence-corrected chi connectivity index (χ4v) is 2.36. The van der Waals surface area contributed by atoms with Crippen LogP contribution in [0.1, 0.15) is 11.7 Å².